The lowest BCUT2D eigenvalue weighted by Crippen LogP contribution is -2.04. The number of benzene rings is 1. The lowest BCUT2D eigenvalue weighted by molar-refractivity contribution is -0.137. The normalized spacial score (nSPS) is 12.0. The van der Waals surface area contributed by atoms with Crippen molar-refractivity contribution in [3.8, 4) is 11.4 Å². The van der Waals surface area contributed by atoms with Gasteiger partial charge in [0, 0.05) is 22.8 Å². The summed E-state index contributed by atoms with van der Waals surface area (Å²) in [5.41, 5.74) is 0.0523. The average Bonchev–Trinajstić information content (AvgIpc) is 2.81. The zero-order valence-electron chi connectivity index (χ0n) is 9.89. The first-order valence-corrected chi connectivity index (χ1v) is 6.01. The maximum Gasteiger partial charge on any atom is 0.416 e. The number of pyridine rings is 1. The minimum Gasteiger partial charge on any atom is -0.220 e. The van der Waals surface area contributed by atoms with Crippen molar-refractivity contribution in [1.82, 2.24) is 14.6 Å². The molecule has 0 bridgehead atoms. The Bertz CT molecular complexity index is 780. The number of hydrogen-bond acceptors (Lipinski definition) is 2. The molecule has 2 heterocycles. The zero-order chi connectivity index (χ0) is 14.3. The van der Waals surface area contributed by atoms with Crippen molar-refractivity contribution in [3.05, 3.63) is 53.2 Å². The second kappa shape index (κ2) is 4.49. The van der Waals surface area contributed by atoms with Gasteiger partial charge in [-0.2, -0.15) is 13.2 Å². The van der Waals surface area contributed by atoms with Crippen LogP contribution in [0, 0.1) is 0 Å². The van der Waals surface area contributed by atoms with Crippen molar-refractivity contribution in [3.63, 3.8) is 0 Å². The molecule has 0 aliphatic carbocycles. The molecule has 1 aromatic carbocycles. The molecule has 2 aromatic heterocycles. The van der Waals surface area contributed by atoms with Crippen molar-refractivity contribution < 1.29 is 13.2 Å². The van der Waals surface area contributed by atoms with E-state index in [2.05, 4.69) is 10.1 Å². The summed E-state index contributed by atoms with van der Waals surface area (Å²) in [5, 5.41) is 4.61. The van der Waals surface area contributed by atoms with Crippen LogP contribution in [0.15, 0.2) is 42.6 Å². The van der Waals surface area contributed by atoms with Crippen LogP contribution in [0.2, 0.25) is 5.02 Å². The first-order chi connectivity index (χ1) is 9.43. The molecule has 0 amide bonds. The summed E-state index contributed by atoms with van der Waals surface area (Å²) in [6.45, 7) is 0. The summed E-state index contributed by atoms with van der Waals surface area (Å²) in [7, 11) is 0. The molecule has 0 aliphatic rings. The molecule has 0 radical (unpaired) electrons. The summed E-state index contributed by atoms with van der Waals surface area (Å²) in [6.07, 6.45) is -2.79. The Morgan fingerprint density at radius 2 is 1.90 bits per heavy atom. The Morgan fingerprint density at radius 1 is 1.10 bits per heavy atom. The minimum absolute atomic E-state index is 0.221. The number of rotatable bonds is 1. The fourth-order valence-electron chi connectivity index (χ4n) is 1.81. The van der Waals surface area contributed by atoms with Gasteiger partial charge >= 0.3 is 6.18 Å². The van der Waals surface area contributed by atoms with Crippen LogP contribution in [0.1, 0.15) is 5.56 Å². The molecule has 102 valence electrons. The molecule has 0 fully saturated rings. The molecular weight excluding hydrogens is 291 g/mol. The lowest BCUT2D eigenvalue weighted by atomic mass is 10.1. The van der Waals surface area contributed by atoms with E-state index in [4.69, 9.17) is 11.6 Å². The van der Waals surface area contributed by atoms with Gasteiger partial charge in [0.15, 0.2) is 11.5 Å². The molecule has 7 heteroatoms. The van der Waals surface area contributed by atoms with E-state index in [1.165, 1.54) is 16.6 Å². The van der Waals surface area contributed by atoms with Crippen molar-refractivity contribution in [1.29, 1.82) is 0 Å². The Morgan fingerprint density at radius 3 is 2.65 bits per heavy atom. The summed E-state index contributed by atoms with van der Waals surface area (Å²) in [4.78, 5) is 4.17. The topological polar surface area (TPSA) is 30.2 Å². The summed E-state index contributed by atoms with van der Waals surface area (Å²) >= 11 is 5.83. The average molecular weight is 298 g/mol. The van der Waals surface area contributed by atoms with Gasteiger partial charge in [0.25, 0.3) is 0 Å². The van der Waals surface area contributed by atoms with Crippen LogP contribution in [0.25, 0.3) is 17.0 Å². The van der Waals surface area contributed by atoms with Gasteiger partial charge in [0.1, 0.15) is 0 Å². The third kappa shape index (κ3) is 2.34. The van der Waals surface area contributed by atoms with E-state index in [0.717, 1.165) is 12.1 Å². The van der Waals surface area contributed by atoms with E-state index >= 15 is 0 Å². The zero-order valence-corrected chi connectivity index (χ0v) is 10.7. The number of alkyl halides is 3. The van der Waals surface area contributed by atoms with Crippen LogP contribution >= 0.6 is 11.6 Å². The third-order valence-electron chi connectivity index (χ3n) is 2.75. The molecule has 3 rings (SSSR count). The van der Waals surface area contributed by atoms with Crippen molar-refractivity contribution in [2.24, 2.45) is 0 Å². The predicted molar refractivity (Wildman–Crippen MR) is 68.4 cm³/mol. The van der Waals surface area contributed by atoms with Crippen LogP contribution in [0.3, 0.4) is 0 Å². The molecule has 0 saturated heterocycles. The highest BCUT2D eigenvalue weighted by Gasteiger charge is 2.30. The van der Waals surface area contributed by atoms with Crippen molar-refractivity contribution in [2.75, 3.05) is 0 Å². The van der Waals surface area contributed by atoms with E-state index in [1.54, 1.807) is 18.3 Å². The van der Waals surface area contributed by atoms with Crippen LogP contribution in [-0.4, -0.2) is 14.6 Å². The first-order valence-electron chi connectivity index (χ1n) is 5.63. The van der Waals surface area contributed by atoms with E-state index in [1.807, 2.05) is 0 Å². The number of hydrogen-bond donors (Lipinski definition) is 0. The van der Waals surface area contributed by atoms with Gasteiger partial charge in [-0.1, -0.05) is 23.7 Å². The van der Waals surface area contributed by atoms with Gasteiger partial charge in [-0.05, 0) is 18.2 Å². The second-order valence-electron chi connectivity index (χ2n) is 4.16. The molecule has 0 spiro atoms. The van der Waals surface area contributed by atoms with E-state index in [-0.39, 0.29) is 5.82 Å². The molecule has 0 aliphatic heterocycles. The number of halogens is 4. The lowest BCUT2D eigenvalue weighted by Gasteiger charge is -2.06. The molecule has 0 atom stereocenters. The Hall–Kier alpha value is -2.08. The SMILES string of the molecule is FC(F)(F)c1cccc(-c2nc3cc(Cl)ccn3n2)c1. The summed E-state index contributed by atoms with van der Waals surface area (Å²) in [6, 6.07) is 8.11. The highest BCUT2D eigenvalue weighted by molar-refractivity contribution is 6.30. The van der Waals surface area contributed by atoms with Crippen LogP contribution in [0.4, 0.5) is 13.2 Å². The predicted octanol–water partition coefficient (Wildman–Crippen LogP) is 4.07. The molecule has 0 N–H and O–H groups in total. The minimum atomic E-state index is -4.39. The van der Waals surface area contributed by atoms with Crippen LogP contribution in [0.5, 0.6) is 0 Å². The van der Waals surface area contributed by atoms with Gasteiger partial charge in [0.05, 0.1) is 5.56 Å². The number of fused-ring (bicyclic) bond motifs is 1. The van der Waals surface area contributed by atoms with Gasteiger partial charge in [-0.25, -0.2) is 9.50 Å². The monoisotopic (exact) mass is 297 g/mol. The maximum atomic E-state index is 12.7. The first kappa shape index (κ1) is 12.9. The van der Waals surface area contributed by atoms with Crippen LogP contribution in [-0.2, 0) is 6.18 Å². The molecule has 0 saturated carbocycles. The quantitative estimate of drug-likeness (QED) is 0.678. The summed E-state index contributed by atoms with van der Waals surface area (Å²) < 4.78 is 39.5. The maximum absolute atomic E-state index is 12.7. The molecule has 0 unspecified atom stereocenters. The second-order valence-corrected chi connectivity index (χ2v) is 4.60. The summed E-state index contributed by atoms with van der Waals surface area (Å²) in [5.74, 6) is 0.221. The van der Waals surface area contributed by atoms with Crippen molar-refractivity contribution in [2.45, 2.75) is 6.18 Å². The molecule has 3 aromatic rings. The van der Waals surface area contributed by atoms with E-state index < -0.39 is 11.7 Å². The highest BCUT2D eigenvalue weighted by Crippen LogP contribution is 2.31. The Labute approximate surface area is 116 Å². The molecule has 20 heavy (non-hydrogen) atoms. The molecule has 3 nitrogen and oxygen atoms in total. The fourth-order valence-corrected chi connectivity index (χ4v) is 1.97. The van der Waals surface area contributed by atoms with E-state index in [0.29, 0.717) is 16.2 Å². The number of aromatic nitrogens is 3. The van der Waals surface area contributed by atoms with Gasteiger partial charge in [-0.15, -0.1) is 5.10 Å². The third-order valence-corrected chi connectivity index (χ3v) is 2.98. The molecular formula is C13H7ClF3N3. The van der Waals surface area contributed by atoms with Gasteiger partial charge in [0.2, 0.25) is 0 Å². The fraction of sp³-hybridized carbons (Fsp3) is 0.0769. The largest absolute Gasteiger partial charge is 0.416 e. The standard InChI is InChI=1S/C13H7ClF3N3/c14-10-4-5-20-11(7-10)18-12(19-20)8-2-1-3-9(6-8)13(15,16)17/h1-7H. The Kier molecular flexibility index (Phi) is 2.90. The van der Waals surface area contributed by atoms with Crippen LogP contribution < -0.4 is 0 Å². The smallest absolute Gasteiger partial charge is 0.220 e. The Balaban J connectivity index is 2.11. The van der Waals surface area contributed by atoms with Gasteiger partial charge < -0.3 is 0 Å². The highest BCUT2D eigenvalue weighted by atomic mass is 35.5. The van der Waals surface area contributed by atoms with E-state index in [9.17, 15) is 13.2 Å². The van der Waals surface area contributed by atoms with Crippen molar-refractivity contribution >= 4 is 17.2 Å². The number of nitrogens with zero attached hydrogens (tertiary/aromatic N) is 3. The van der Waals surface area contributed by atoms with Gasteiger partial charge in [-0.3, -0.25) is 0 Å².